The lowest BCUT2D eigenvalue weighted by Gasteiger charge is -2.05. The maximum absolute atomic E-state index is 10.9. The minimum atomic E-state index is 0.549. The van der Waals surface area contributed by atoms with Gasteiger partial charge in [0.2, 0.25) is 0 Å². The average molecular weight is 268 g/mol. The highest BCUT2D eigenvalue weighted by Crippen LogP contribution is 2.26. The molecule has 2 nitrogen and oxygen atoms in total. The Kier molecular flexibility index (Phi) is 3.02. The molecular formula is C16H10ClNO. The fourth-order valence-electron chi connectivity index (χ4n) is 2.08. The summed E-state index contributed by atoms with van der Waals surface area (Å²) in [6.45, 7) is 0. The Morgan fingerprint density at radius 3 is 2.68 bits per heavy atom. The number of nitrogens with zero attached hydrogens (tertiary/aromatic N) is 1. The highest BCUT2D eigenvalue weighted by molar-refractivity contribution is 6.31. The zero-order valence-electron chi connectivity index (χ0n) is 10.0. The van der Waals surface area contributed by atoms with Crippen molar-refractivity contribution in [1.29, 1.82) is 0 Å². The largest absolute Gasteiger partial charge is 0.298 e. The minimum Gasteiger partial charge on any atom is -0.298 e. The maximum atomic E-state index is 10.9. The van der Waals surface area contributed by atoms with Gasteiger partial charge in [-0.2, -0.15) is 0 Å². The highest BCUT2D eigenvalue weighted by atomic mass is 35.5. The Balaban J connectivity index is 2.18. The van der Waals surface area contributed by atoms with E-state index in [9.17, 15) is 4.79 Å². The number of aromatic nitrogens is 1. The van der Waals surface area contributed by atoms with Gasteiger partial charge >= 0.3 is 0 Å². The van der Waals surface area contributed by atoms with Crippen LogP contribution in [0.15, 0.2) is 54.7 Å². The van der Waals surface area contributed by atoms with Gasteiger partial charge in [0.05, 0.1) is 5.52 Å². The molecule has 0 spiro atoms. The first kappa shape index (κ1) is 11.9. The summed E-state index contributed by atoms with van der Waals surface area (Å²) in [4.78, 5) is 15.3. The molecule has 92 valence electrons. The number of para-hydroxylation sites is 1. The smallest absolute Gasteiger partial charge is 0.150 e. The standard InChI is InChI=1S/C16H10ClNO/c17-15-6-11(10-19)5-13(8-15)14-7-12-3-1-2-4-16(12)18-9-14/h1-10H. The second-order valence-electron chi connectivity index (χ2n) is 4.31. The van der Waals surface area contributed by atoms with Crippen LogP contribution < -0.4 is 0 Å². The van der Waals surface area contributed by atoms with Crippen LogP contribution in [-0.2, 0) is 0 Å². The summed E-state index contributed by atoms with van der Waals surface area (Å²) in [5.74, 6) is 0. The fraction of sp³-hybridized carbons (Fsp3) is 0. The van der Waals surface area contributed by atoms with Gasteiger partial charge in [0.15, 0.2) is 0 Å². The first-order valence-electron chi connectivity index (χ1n) is 5.87. The van der Waals surface area contributed by atoms with Crippen molar-refractivity contribution in [2.45, 2.75) is 0 Å². The van der Waals surface area contributed by atoms with Gasteiger partial charge in [0.25, 0.3) is 0 Å². The van der Waals surface area contributed by atoms with E-state index >= 15 is 0 Å². The average Bonchev–Trinajstić information content (AvgIpc) is 2.46. The van der Waals surface area contributed by atoms with E-state index in [4.69, 9.17) is 11.6 Å². The van der Waals surface area contributed by atoms with Gasteiger partial charge < -0.3 is 0 Å². The van der Waals surface area contributed by atoms with E-state index in [-0.39, 0.29) is 0 Å². The van der Waals surface area contributed by atoms with Gasteiger partial charge in [0, 0.05) is 27.7 Å². The SMILES string of the molecule is O=Cc1cc(Cl)cc(-c2cnc3ccccc3c2)c1. The monoisotopic (exact) mass is 267 g/mol. The molecule has 0 unspecified atom stereocenters. The molecule has 2 aromatic carbocycles. The van der Waals surface area contributed by atoms with Crippen molar-refractivity contribution in [1.82, 2.24) is 4.98 Å². The zero-order valence-corrected chi connectivity index (χ0v) is 10.8. The topological polar surface area (TPSA) is 30.0 Å². The molecule has 19 heavy (non-hydrogen) atoms. The van der Waals surface area contributed by atoms with Crippen molar-refractivity contribution in [3.63, 3.8) is 0 Å². The van der Waals surface area contributed by atoms with Crippen molar-refractivity contribution < 1.29 is 4.79 Å². The highest BCUT2D eigenvalue weighted by Gasteiger charge is 2.04. The summed E-state index contributed by atoms with van der Waals surface area (Å²) in [7, 11) is 0. The zero-order chi connectivity index (χ0) is 13.2. The maximum Gasteiger partial charge on any atom is 0.150 e. The lowest BCUT2D eigenvalue weighted by atomic mass is 10.0. The van der Waals surface area contributed by atoms with E-state index in [1.165, 1.54) is 0 Å². The lowest BCUT2D eigenvalue weighted by Crippen LogP contribution is -1.86. The number of fused-ring (bicyclic) bond motifs is 1. The Hall–Kier alpha value is -2.19. The first-order chi connectivity index (χ1) is 9.26. The van der Waals surface area contributed by atoms with Crippen molar-refractivity contribution >= 4 is 28.8 Å². The molecule has 3 aromatic rings. The predicted octanol–water partition coefficient (Wildman–Crippen LogP) is 4.37. The van der Waals surface area contributed by atoms with Crippen molar-refractivity contribution in [3.05, 3.63) is 65.3 Å². The number of hydrogen-bond acceptors (Lipinski definition) is 2. The van der Waals surface area contributed by atoms with E-state index in [1.807, 2.05) is 42.5 Å². The predicted molar refractivity (Wildman–Crippen MR) is 77.6 cm³/mol. The number of pyridine rings is 1. The summed E-state index contributed by atoms with van der Waals surface area (Å²) in [5, 5.41) is 1.61. The molecule has 0 fully saturated rings. The van der Waals surface area contributed by atoms with E-state index in [0.29, 0.717) is 10.6 Å². The minimum absolute atomic E-state index is 0.549. The van der Waals surface area contributed by atoms with Gasteiger partial charge in [-0.3, -0.25) is 9.78 Å². The van der Waals surface area contributed by atoms with Crippen LogP contribution in [0.4, 0.5) is 0 Å². The third-order valence-electron chi connectivity index (χ3n) is 2.98. The normalized spacial score (nSPS) is 10.6. The Morgan fingerprint density at radius 1 is 1.00 bits per heavy atom. The van der Waals surface area contributed by atoms with Crippen molar-refractivity contribution in [2.24, 2.45) is 0 Å². The quantitative estimate of drug-likeness (QED) is 0.646. The molecule has 1 aromatic heterocycles. The summed E-state index contributed by atoms with van der Waals surface area (Å²) in [6, 6.07) is 15.2. The van der Waals surface area contributed by atoms with Gasteiger partial charge in [-0.1, -0.05) is 29.8 Å². The lowest BCUT2D eigenvalue weighted by molar-refractivity contribution is 0.112. The van der Waals surface area contributed by atoms with E-state index < -0.39 is 0 Å². The molecule has 0 aliphatic heterocycles. The molecule has 0 N–H and O–H groups in total. The van der Waals surface area contributed by atoms with Crippen LogP contribution in [0.1, 0.15) is 10.4 Å². The van der Waals surface area contributed by atoms with E-state index in [0.717, 1.165) is 28.3 Å². The number of carbonyl (C=O) groups is 1. The molecule has 3 heteroatoms. The van der Waals surface area contributed by atoms with Gasteiger partial charge in [-0.25, -0.2) is 0 Å². The number of aldehydes is 1. The first-order valence-corrected chi connectivity index (χ1v) is 6.25. The third-order valence-corrected chi connectivity index (χ3v) is 3.20. The van der Waals surface area contributed by atoms with E-state index in [2.05, 4.69) is 4.98 Å². The Morgan fingerprint density at radius 2 is 1.84 bits per heavy atom. The summed E-state index contributed by atoms with van der Waals surface area (Å²) in [5.41, 5.74) is 3.36. The number of rotatable bonds is 2. The molecule has 0 bridgehead atoms. The van der Waals surface area contributed by atoms with Crippen molar-refractivity contribution in [2.75, 3.05) is 0 Å². The van der Waals surface area contributed by atoms with Crippen molar-refractivity contribution in [3.8, 4) is 11.1 Å². The van der Waals surface area contributed by atoms with Crippen LogP contribution >= 0.6 is 11.6 Å². The van der Waals surface area contributed by atoms with Crippen LogP contribution in [0.5, 0.6) is 0 Å². The Labute approximate surface area is 115 Å². The molecule has 0 radical (unpaired) electrons. The second kappa shape index (κ2) is 4.82. The number of halogens is 1. The molecule has 1 heterocycles. The molecule has 0 amide bonds. The van der Waals surface area contributed by atoms with Gasteiger partial charge in [-0.05, 0) is 35.9 Å². The van der Waals surface area contributed by atoms with Crippen LogP contribution in [0, 0.1) is 0 Å². The van der Waals surface area contributed by atoms with Gasteiger partial charge in [-0.15, -0.1) is 0 Å². The second-order valence-corrected chi connectivity index (χ2v) is 4.74. The molecule has 0 aliphatic rings. The molecule has 0 saturated heterocycles. The number of benzene rings is 2. The molecule has 0 saturated carbocycles. The van der Waals surface area contributed by atoms with Crippen LogP contribution in [0.2, 0.25) is 5.02 Å². The third kappa shape index (κ3) is 2.35. The van der Waals surface area contributed by atoms with Crippen LogP contribution in [0.3, 0.4) is 0 Å². The Bertz CT molecular complexity index is 768. The van der Waals surface area contributed by atoms with Crippen LogP contribution in [0.25, 0.3) is 22.0 Å². The van der Waals surface area contributed by atoms with Gasteiger partial charge in [0.1, 0.15) is 6.29 Å². The summed E-state index contributed by atoms with van der Waals surface area (Å²) >= 11 is 6.02. The summed E-state index contributed by atoms with van der Waals surface area (Å²) in [6.07, 6.45) is 2.59. The summed E-state index contributed by atoms with van der Waals surface area (Å²) < 4.78 is 0. The molecule has 0 aliphatic carbocycles. The number of hydrogen-bond donors (Lipinski definition) is 0. The van der Waals surface area contributed by atoms with Crippen LogP contribution in [-0.4, -0.2) is 11.3 Å². The molecular weight excluding hydrogens is 258 g/mol. The van der Waals surface area contributed by atoms with E-state index in [1.54, 1.807) is 12.3 Å². The molecule has 3 rings (SSSR count). The molecule has 0 atom stereocenters. The number of carbonyl (C=O) groups excluding carboxylic acids is 1. The fourth-order valence-corrected chi connectivity index (χ4v) is 2.32.